The van der Waals surface area contributed by atoms with Gasteiger partial charge in [-0.2, -0.15) is 0 Å². The number of piperidine rings is 1. The molecular formula is C18H24N2O4. The van der Waals surface area contributed by atoms with Crippen LogP contribution in [-0.4, -0.2) is 58.7 Å². The van der Waals surface area contributed by atoms with Gasteiger partial charge in [0, 0.05) is 12.6 Å². The molecule has 0 saturated carbocycles. The molecule has 2 aliphatic heterocycles. The number of hydrogen-bond acceptors (Lipinski definition) is 4. The Kier molecular flexibility index (Phi) is 5.35. The number of ether oxygens (including phenoxy) is 1. The molecule has 24 heavy (non-hydrogen) atoms. The van der Waals surface area contributed by atoms with E-state index in [9.17, 15) is 14.7 Å². The fraction of sp³-hybridized carbons (Fsp3) is 0.556. The van der Waals surface area contributed by atoms with E-state index < -0.39 is 18.1 Å². The number of aliphatic carboxylic acids is 1. The fourth-order valence-corrected chi connectivity index (χ4v) is 3.71. The molecule has 3 rings (SSSR count). The van der Waals surface area contributed by atoms with Gasteiger partial charge in [-0.3, -0.25) is 9.80 Å². The van der Waals surface area contributed by atoms with Crippen molar-refractivity contribution in [2.24, 2.45) is 0 Å². The molecule has 2 atom stereocenters. The van der Waals surface area contributed by atoms with Crippen molar-refractivity contribution in [1.82, 2.24) is 9.80 Å². The highest BCUT2D eigenvalue weighted by Crippen LogP contribution is 2.27. The van der Waals surface area contributed by atoms with Crippen LogP contribution >= 0.6 is 0 Å². The summed E-state index contributed by atoms with van der Waals surface area (Å²) in [5.41, 5.74) is 0.893. The van der Waals surface area contributed by atoms with E-state index in [-0.39, 0.29) is 12.6 Å². The van der Waals surface area contributed by atoms with Crippen molar-refractivity contribution >= 4 is 12.1 Å². The average molecular weight is 332 g/mol. The van der Waals surface area contributed by atoms with Gasteiger partial charge in [-0.1, -0.05) is 36.8 Å². The summed E-state index contributed by atoms with van der Waals surface area (Å²) in [5, 5.41) is 9.64. The van der Waals surface area contributed by atoms with Crippen LogP contribution in [0.3, 0.4) is 0 Å². The van der Waals surface area contributed by atoms with Crippen LogP contribution in [0.2, 0.25) is 0 Å². The maximum Gasteiger partial charge on any atom is 0.410 e. The molecule has 2 fully saturated rings. The smallest absolute Gasteiger partial charge is 0.410 e. The molecule has 1 N–H and O–H groups in total. The topological polar surface area (TPSA) is 70.1 Å². The summed E-state index contributed by atoms with van der Waals surface area (Å²) in [6, 6.07) is 8.50. The molecule has 0 aliphatic carbocycles. The Bertz CT molecular complexity index is 572. The van der Waals surface area contributed by atoms with Gasteiger partial charge in [0.1, 0.15) is 12.6 Å². The van der Waals surface area contributed by atoms with Gasteiger partial charge in [-0.05, 0) is 37.9 Å². The zero-order chi connectivity index (χ0) is 16.9. The van der Waals surface area contributed by atoms with Crippen LogP contribution in [0.1, 0.15) is 31.2 Å². The van der Waals surface area contributed by atoms with Crippen LogP contribution in [0, 0.1) is 0 Å². The molecule has 1 aromatic carbocycles. The highest BCUT2D eigenvalue weighted by Gasteiger charge is 2.45. The minimum atomic E-state index is -0.945. The number of rotatable bonds is 4. The largest absolute Gasteiger partial charge is 0.480 e. The first-order chi connectivity index (χ1) is 11.7. The van der Waals surface area contributed by atoms with Crippen LogP contribution in [0.4, 0.5) is 4.79 Å². The zero-order valence-electron chi connectivity index (χ0n) is 13.8. The van der Waals surface area contributed by atoms with Gasteiger partial charge in [0.2, 0.25) is 0 Å². The first-order valence-corrected chi connectivity index (χ1v) is 8.61. The van der Waals surface area contributed by atoms with Crippen molar-refractivity contribution in [1.29, 1.82) is 0 Å². The summed E-state index contributed by atoms with van der Waals surface area (Å²) in [7, 11) is 0. The third kappa shape index (κ3) is 3.70. The maximum atomic E-state index is 12.4. The lowest BCUT2D eigenvalue weighted by molar-refractivity contribution is -0.143. The van der Waals surface area contributed by atoms with Crippen LogP contribution in [0.25, 0.3) is 0 Å². The standard InChI is InChI=1S/C18H24N2O4/c21-17(22)16-15(19-10-5-2-6-11-19)9-12-20(16)18(23)24-13-14-7-3-1-4-8-14/h1,3-4,7-8,15-16H,2,5-6,9-13H2,(H,21,22). The molecule has 6 heteroatoms. The Morgan fingerprint density at radius 2 is 1.79 bits per heavy atom. The van der Waals surface area contributed by atoms with Gasteiger partial charge in [-0.25, -0.2) is 9.59 Å². The number of benzene rings is 1. The summed E-state index contributed by atoms with van der Waals surface area (Å²) < 4.78 is 5.33. The lowest BCUT2D eigenvalue weighted by Crippen LogP contribution is -2.52. The van der Waals surface area contributed by atoms with Crippen molar-refractivity contribution in [2.75, 3.05) is 19.6 Å². The van der Waals surface area contributed by atoms with Gasteiger partial charge in [0.15, 0.2) is 0 Å². The summed E-state index contributed by atoms with van der Waals surface area (Å²) in [5.74, 6) is -0.945. The lowest BCUT2D eigenvalue weighted by Gasteiger charge is -2.35. The molecule has 2 aliphatic rings. The van der Waals surface area contributed by atoms with Crippen molar-refractivity contribution in [2.45, 2.75) is 44.4 Å². The van der Waals surface area contributed by atoms with Crippen molar-refractivity contribution < 1.29 is 19.4 Å². The summed E-state index contributed by atoms with van der Waals surface area (Å²) >= 11 is 0. The monoisotopic (exact) mass is 332 g/mol. The van der Waals surface area contributed by atoms with Crippen LogP contribution in [-0.2, 0) is 16.1 Å². The number of carboxylic acids is 1. The van der Waals surface area contributed by atoms with Gasteiger partial charge in [-0.15, -0.1) is 0 Å². The molecule has 6 nitrogen and oxygen atoms in total. The van der Waals surface area contributed by atoms with E-state index in [1.807, 2.05) is 30.3 Å². The first-order valence-electron chi connectivity index (χ1n) is 8.61. The SMILES string of the molecule is O=C(O)C1C(N2CCCCC2)CCN1C(=O)OCc1ccccc1. The predicted molar refractivity (Wildman–Crippen MR) is 88.6 cm³/mol. The van der Waals surface area contributed by atoms with E-state index in [1.54, 1.807) is 0 Å². The average Bonchev–Trinajstić information content (AvgIpc) is 3.07. The molecule has 2 unspecified atom stereocenters. The molecule has 2 saturated heterocycles. The van der Waals surface area contributed by atoms with Gasteiger partial charge in [0.05, 0.1) is 0 Å². The van der Waals surface area contributed by atoms with E-state index in [1.165, 1.54) is 11.3 Å². The molecule has 0 bridgehead atoms. The van der Waals surface area contributed by atoms with Crippen LogP contribution < -0.4 is 0 Å². The van der Waals surface area contributed by atoms with Crippen molar-refractivity contribution in [3.05, 3.63) is 35.9 Å². The minimum absolute atomic E-state index is 0.105. The predicted octanol–water partition coefficient (Wildman–Crippen LogP) is 2.34. The molecule has 0 spiro atoms. The van der Waals surface area contributed by atoms with E-state index in [0.717, 1.165) is 31.5 Å². The van der Waals surface area contributed by atoms with Crippen molar-refractivity contribution in [3.8, 4) is 0 Å². The molecule has 0 radical (unpaired) electrons. The second kappa shape index (κ2) is 7.66. The quantitative estimate of drug-likeness (QED) is 0.916. The Hall–Kier alpha value is -2.08. The number of likely N-dealkylation sites (tertiary alicyclic amines) is 2. The molecule has 2 heterocycles. The Morgan fingerprint density at radius 1 is 1.08 bits per heavy atom. The summed E-state index contributed by atoms with van der Waals surface area (Å²) in [6.45, 7) is 2.44. The number of carbonyl (C=O) groups excluding carboxylic acids is 1. The highest BCUT2D eigenvalue weighted by molar-refractivity contribution is 5.81. The third-order valence-corrected chi connectivity index (χ3v) is 4.92. The summed E-state index contributed by atoms with van der Waals surface area (Å²) in [6.07, 6.45) is 3.55. The number of amides is 1. The van der Waals surface area contributed by atoms with Gasteiger partial charge in [0.25, 0.3) is 0 Å². The lowest BCUT2D eigenvalue weighted by atomic mass is 10.0. The number of carbonyl (C=O) groups is 2. The third-order valence-electron chi connectivity index (χ3n) is 4.92. The summed E-state index contributed by atoms with van der Waals surface area (Å²) in [4.78, 5) is 27.8. The van der Waals surface area contributed by atoms with Crippen LogP contribution in [0.15, 0.2) is 30.3 Å². The number of nitrogens with zero attached hydrogens (tertiary/aromatic N) is 2. The van der Waals surface area contributed by atoms with E-state index in [4.69, 9.17) is 4.74 Å². The highest BCUT2D eigenvalue weighted by atomic mass is 16.6. The zero-order valence-corrected chi connectivity index (χ0v) is 13.8. The van der Waals surface area contributed by atoms with Crippen molar-refractivity contribution in [3.63, 3.8) is 0 Å². The Labute approximate surface area is 142 Å². The molecule has 0 aromatic heterocycles. The second-order valence-electron chi connectivity index (χ2n) is 6.47. The normalized spacial score (nSPS) is 24.8. The van der Waals surface area contributed by atoms with Gasteiger partial charge >= 0.3 is 12.1 Å². The fourth-order valence-electron chi connectivity index (χ4n) is 3.71. The van der Waals surface area contributed by atoms with Gasteiger partial charge < -0.3 is 9.84 Å². The van der Waals surface area contributed by atoms with E-state index in [2.05, 4.69) is 4.90 Å². The molecule has 1 aromatic rings. The number of hydrogen-bond donors (Lipinski definition) is 1. The molecule has 130 valence electrons. The second-order valence-corrected chi connectivity index (χ2v) is 6.47. The molecular weight excluding hydrogens is 308 g/mol. The Balaban J connectivity index is 1.63. The minimum Gasteiger partial charge on any atom is -0.480 e. The van der Waals surface area contributed by atoms with E-state index in [0.29, 0.717) is 13.0 Å². The van der Waals surface area contributed by atoms with Crippen LogP contribution in [0.5, 0.6) is 0 Å². The maximum absolute atomic E-state index is 12.4. The number of carboxylic acid groups (broad SMARTS) is 1. The Morgan fingerprint density at radius 3 is 2.46 bits per heavy atom. The van der Waals surface area contributed by atoms with E-state index >= 15 is 0 Å². The molecule has 1 amide bonds. The first kappa shape index (κ1) is 16.8.